The highest BCUT2D eigenvalue weighted by atomic mass is 16.5. The van der Waals surface area contributed by atoms with Crippen molar-refractivity contribution in [3.8, 4) is 0 Å². The summed E-state index contributed by atoms with van der Waals surface area (Å²) in [6, 6.07) is 0.173. The van der Waals surface area contributed by atoms with E-state index in [1.807, 2.05) is 13.8 Å². The molecule has 0 aliphatic heterocycles. The van der Waals surface area contributed by atoms with E-state index in [1.165, 1.54) is 32.1 Å². The van der Waals surface area contributed by atoms with Crippen molar-refractivity contribution >= 4 is 5.91 Å². The summed E-state index contributed by atoms with van der Waals surface area (Å²) in [6.07, 6.45) is 8.21. The minimum absolute atomic E-state index is 0.173. The second-order valence-electron chi connectivity index (χ2n) is 4.82. The van der Waals surface area contributed by atoms with Gasteiger partial charge < -0.3 is 10.1 Å². The first-order chi connectivity index (χ1) is 8.61. The van der Waals surface area contributed by atoms with Gasteiger partial charge in [0, 0.05) is 6.04 Å². The fourth-order valence-electron chi connectivity index (χ4n) is 1.55. The number of rotatable bonds is 11. The average Bonchev–Trinajstić information content (AvgIpc) is 2.37. The highest BCUT2D eigenvalue weighted by Crippen LogP contribution is 2.06. The van der Waals surface area contributed by atoms with Crippen LogP contribution in [0.1, 0.15) is 65.7 Å². The summed E-state index contributed by atoms with van der Waals surface area (Å²) in [7, 11) is 0. The minimum atomic E-state index is -0.185. The molecule has 0 aliphatic carbocycles. The first-order valence-corrected chi connectivity index (χ1v) is 7.24. The zero-order valence-corrected chi connectivity index (χ0v) is 12.3. The molecule has 0 heterocycles. The van der Waals surface area contributed by atoms with Gasteiger partial charge in [-0.1, -0.05) is 52.5 Å². The van der Waals surface area contributed by atoms with Crippen molar-refractivity contribution in [2.45, 2.75) is 71.8 Å². The van der Waals surface area contributed by atoms with E-state index < -0.39 is 0 Å². The van der Waals surface area contributed by atoms with Gasteiger partial charge in [0.15, 0.2) is 5.76 Å². The van der Waals surface area contributed by atoms with Crippen LogP contribution in [0.5, 0.6) is 0 Å². The molecule has 1 unspecified atom stereocenters. The van der Waals surface area contributed by atoms with Gasteiger partial charge in [-0.05, 0) is 19.8 Å². The molecule has 0 fully saturated rings. The Morgan fingerprint density at radius 3 is 2.39 bits per heavy atom. The van der Waals surface area contributed by atoms with Gasteiger partial charge in [0.2, 0.25) is 0 Å². The summed E-state index contributed by atoms with van der Waals surface area (Å²) < 4.78 is 5.35. The van der Waals surface area contributed by atoms with Gasteiger partial charge in [-0.15, -0.1) is 0 Å². The van der Waals surface area contributed by atoms with Crippen LogP contribution < -0.4 is 5.32 Å². The zero-order valence-electron chi connectivity index (χ0n) is 12.3. The molecule has 3 heteroatoms. The lowest BCUT2D eigenvalue weighted by molar-refractivity contribution is -0.121. The van der Waals surface area contributed by atoms with Crippen molar-refractivity contribution in [3.63, 3.8) is 0 Å². The van der Waals surface area contributed by atoms with Gasteiger partial charge in [0.05, 0.1) is 6.61 Å². The predicted octanol–water partition coefficient (Wildman–Crippen LogP) is 3.79. The van der Waals surface area contributed by atoms with Gasteiger partial charge >= 0.3 is 0 Å². The maximum Gasteiger partial charge on any atom is 0.285 e. The first-order valence-electron chi connectivity index (χ1n) is 7.24. The number of unbranched alkanes of at least 4 members (excludes halogenated alkanes) is 5. The van der Waals surface area contributed by atoms with Crippen LogP contribution in [0.4, 0.5) is 0 Å². The van der Waals surface area contributed by atoms with Crippen LogP contribution in [0.2, 0.25) is 0 Å². The van der Waals surface area contributed by atoms with Crippen LogP contribution in [0.25, 0.3) is 0 Å². The smallest absolute Gasteiger partial charge is 0.285 e. The molecular formula is C15H29NO2. The molecule has 1 atom stereocenters. The van der Waals surface area contributed by atoms with Crippen molar-refractivity contribution in [3.05, 3.63) is 12.3 Å². The van der Waals surface area contributed by atoms with Crippen LogP contribution >= 0.6 is 0 Å². The van der Waals surface area contributed by atoms with E-state index in [2.05, 4.69) is 18.8 Å². The first kappa shape index (κ1) is 17.0. The van der Waals surface area contributed by atoms with E-state index in [1.54, 1.807) is 0 Å². The molecule has 3 nitrogen and oxygen atoms in total. The Kier molecular flexibility index (Phi) is 10.5. The van der Waals surface area contributed by atoms with Crippen molar-refractivity contribution in [2.75, 3.05) is 6.61 Å². The normalized spacial score (nSPS) is 11.9. The van der Waals surface area contributed by atoms with Crippen molar-refractivity contribution in [2.24, 2.45) is 0 Å². The lowest BCUT2D eigenvalue weighted by atomic mass is 10.1. The van der Waals surface area contributed by atoms with E-state index >= 15 is 0 Å². The van der Waals surface area contributed by atoms with Crippen LogP contribution in [-0.2, 0) is 9.53 Å². The summed E-state index contributed by atoms with van der Waals surface area (Å²) >= 11 is 0. The Bertz CT molecular complexity index is 239. The maximum atomic E-state index is 11.6. The lowest BCUT2D eigenvalue weighted by Crippen LogP contribution is -2.33. The van der Waals surface area contributed by atoms with Gasteiger partial charge in [-0.2, -0.15) is 0 Å². The monoisotopic (exact) mass is 255 g/mol. The second-order valence-corrected chi connectivity index (χ2v) is 4.82. The summed E-state index contributed by atoms with van der Waals surface area (Å²) in [5, 5.41) is 2.83. The third-order valence-electron chi connectivity index (χ3n) is 3.02. The van der Waals surface area contributed by atoms with E-state index in [-0.39, 0.29) is 17.7 Å². The third-order valence-corrected chi connectivity index (χ3v) is 3.02. The standard InChI is InChI=1S/C15H29NO2/c1-5-7-8-9-10-11-12-18-14(4)15(17)16-13(3)6-2/h13H,4-12H2,1-3H3,(H,16,17). The fraction of sp³-hybridized carbons (Fsp3) is 0.800. The molecule has 1 N–H and O–H groups in total. The molecule has 18 heavy (non-hydrogen) atoms. The van der Waals surface area contributed by atoms with Crippen LogP contribution in [0.15, 0.2) is 12.3 Å². The maximum absolute atomic E-state index is 11.6. The van der Waals surface area contributed by atoms with E-state index in [0.29, 0.717) is 6.61 Å². The molecule has 0 aromatic heterocycles. The molecule has 0 spiro atoms. The third kappa shape index (κ3) is 9.08. The predicted molar refractivity (Wildman–Crippen MR) is 76.4 cm³/mol. The number of nitrogens with one attached hydrogen (secondary N) is 1. The van der Waals surface area contributed by atoms with Gasteiger partial charge in [-0.25, -0.2) is 0 Å². The molecule has 0 saturated heterocycles. The van der Waals surface area contributed by atoms with E-state index in [4.69, 9.17) is 4.74 Å². The molecule has 1 amide bonds. The summed E-state index contributed by atoms with van der Waals surface area (Å²) in [4.78, 5) is 11.6. The molecule has 0 radical (unpaired) electrons. The van der Waals surface area contributed by atoms with E-state index in [9.17, 15) is 4.79 Å². The Morgan fingerprint density at radius 1 is 1.17 bits per heavy atom. The zero-order chi connectivity index (χ0) is 13.8. The molecule has 106 valence electrons. The molecule has 0 rings (SSSR count). The number of carbonyl (C=O) groups is 1. The minimum Gasteiger partial charge on any atom is -0.488 e. The number of hydrogen-bond acceptors (Lipinski definition) is 2. The van der Waals surface area contributed by atoms with Crippen molar-refractivity contribution in [1.29, 1.82) is 0 Å². The Morgan fingerprint density at radius 2 is 1.78 bits per heavy atom. The fourth-order valence-corrected chi connectivity index (χ4v) is 1.55. The van der Waals surface area contributed by atoms with Crippen molar-refractivity contribution in [1.82, 2.24) is 5.32 Å². The van der Waals surface area contributed by atoms with Crippen LogP contribution in [0.3, 0.4) is 0 Å². The highest BCUT2D eigenvalue weighted by Gasteiger charge is 2.10. The summed E-state index contributed by atoms with van der Waals surface area (Å²) in [6.45, 7) is 10.5. The van der Waals surface area contributed by atoms with Crippen molar-refractivity contribution < 1.29 is 9.53 Å². The van der Waals surface area contributed by atoms with Gasteiger partial charge in [0.25, 0.3) is 5.91 Å². The summed E-state index contributed by atoms with van der Waals surface area (Å²) in [5.41, 5.74) is 0. The quantitative estimate of drug-likeness (QED) is 0.346. The molecule has 0 aliphatic rings. The number of amides is 1. The number of hydrogen-bond donors (Lipinski definition) is 1. The molecule has 0 aromatic carbocycles. The highest BCUT2D eigenvalue weighted by molar-refractivity contribution is 5.90. The van der Waals surface area contributed by atoms with Gasteiger partial charge in [0.1, 0.15) is 0 Å². The Balaban J connectivity index is 3.49. The molecular weight excluding hydrogens is 226 g/mol. The van der Waals surface area contributed by atoms with E-state index in [0.717, 1.165) is 12.8 Å². The molecule has 0 saturated carbocycles. The number of ether oxygens (including phenoxy) is 1. The second kappa shape index (κ2) is 11.1. The Hall–Kier alpha value is -0.990. The van der Waals surface area contributed by atoms with Crippen LogP contribution in [-0.4, -0.2) is 18.6 Å². The SMILES string of the molecule is C=C(OCCCCCCCC)C(=O)NC(C)CC. The van der Waals surface area contributed by atoms with Crippen LogP contribution in [0, 0.1) is 0 Å². The molecule has 0 bridgehead atoms. The van der Waals surface area contributed by atoms with Gasteiger partial charge in [-0.3, -0.25) is 4.79 Å². The topological polar surface area (TPSA) is 38.3 Å². The largest absolute Gasteiger partial charge is 0.488 e. The summed E-state index contributed by atoms with van der Waals surface area (Å²) in [5.74, 6) is 0.0548. The Labute approximate surface area is 112 Å². The average molecular weight is 255 g/mol. The molecule has 0 aromatic rings. The lowest BCUT2D eigenvalue weighted by Gasteiger charge is -2.13. The number of carbonyl (C=O) groups excluding carboxylic acids is 1.